The highest BCUT2D eigenvalue weighted by molar-refractivity contribution is 6.31. The zero-order valence-electron chi connectivity index (χ0n) is 30.1. The van der Waals surface area contributed by atoms with Crippen molar-refractivity contribution in [3.63, 3.8) is 0 Å². The molecule has 0 aromatic heterocycles. The number of aliphatic hydroxyl groups excluding tert-OH is 1. The van der Waals surface area contributed by atoms with E-state index in [0.717, 1.165) is 16.1 Å². The summed E-state index contributed by atoms with van der Waals surface area (Å²) in [5.74, 6) is -0.111. The molecule has 3 heteroatoms. The molecule has 0 fully saturated rings. The van der Waals surface area contributed by atoms with E-state index < -0.39 is 0 Å². The lowest BCUT2D eigenvalue weighted by molar-refractivity contribution is 0.278. The van der Waals surface area contributed by atoms with Gasteiger partial charge in [0, 0.05) is 5.02 Å². The Bertz CT molecular complexity index is 1310. The molecule has 0 bridgehead atoms. The molecule has 0 aliphatic heterocycles. The van der Waals surface area contributed by atoms with E-state index in [0.29, 0.717) is 0 Å². The van der Waals surface area contributed by atoms with Crippen molar-refractivity contribution in [2.75, 3.05) is 0 Å². The molecule has 4 rings (SSSR count). The van der Waals surface area contributed by atoms with E-state index in [2.05, 4.69) is 106 Å². The van der Waals surface area contributed by atoms with E-state index in [1.807, 2.05) is 69.3 Å². The standard InChI is InChI=1S/C11H16O.C11H16.C10H13Cl.C10H13F/c1-11(2,3)10-7-5-4-6-9(10)8-12;1-9-7-5-6-8-10(9)11(2,3)4;2*1-10(2,3)8-6-4-5-7-9(8)11/h4-7,12H,8H2,1-3H3;5-8H,1-4H3;2*4-7H,1-3H3. The van der Waals surface area contributed by atoms with Gasteiger partial charge in [0.1, 0.15) is 5.82 Å². The first kappa shape index (κ1) is 40.1. The predicted octanol–water partition coefficient (Wildman–Crippen LogP) is 12.5. The molecular weight excluding hydrogens is 575 g/mol. The molecule has 0 spiro atoms. The second-order valence-electron chi connectivity index (χ2n) is 15.6. The van der Waals surface area contributed by atoms with Crippen molar-refractivity contribution in [3.8, 4) is 0 Å². The lowest BCUT2D eigenvalue weighted by Crippen LogP contribution is -2.13. The van der Waals surface area contributed by atoms with Gasteiger partial charge < -0.3 is 5.11 Å². The van der Waals surface area contributed by atoms with Gasteiger partial charge in [0.2, 0.25) is 0 Å². The highest BCUT2D eigenvalue weighted by Gasteiger charge is 2.18. The SMILES string of the molecule is CC(C)(C)c1ccccc1CO.CC(C)(C)c1ccccc1Cl.CC(C)(C)c1ccccc1F.Cc1ccccc1C(C)(C)C. The maximum atomic E-state index is 13.1. The van der Waals surface area contributed by atoms with Crippen LogP contribution in [0.5, 0.6) is 0 Å². The molecule has 0 saturated heterocycles. The predicted molar refractivity (Wildman–Crippen MR) is 196 cm³/mol. The summed E-state index contributed by atoms with van der Waals surface area (Å²) in [7, 11) is 0. The van der Waals surface area contributed by atoms with Crippen molar-refractivity contribution in [1.82, 2.24) is 0 Å². The van der Waals surface area contributed by atoms with Gasteiger partial charge >= 0.3 is 0 Å². The number of benzene rings is 4. The third-order valence-corrected chi connectivity index (χ3v) is 7.64. The molecule has 0 radical (unpaired) electrons. The highest BCUT2D eigenvalue weighted by atomic mass is 35.5. The molecule has 4 aromatic rings. The summed E-state index contributed by atoms with van der Waals surface area (Å²) in [6.45, 7) is 28.0. The number of aryl methyl sites for hydroxylation is 1. The summed E-state index contributed by atoms with van der Waals surface area (Å²) >= 11 is 6.01. The van der Waals surface area contributed by atoms with Crippen LogP contribution in [-0.4, -0.2) is 5.11 Å². The number of hydrogen-bond acceptors (Lipinski definition) is 1. The molecule has 0 amide bonds. The highest BCUT2D eigenvalue weighted by Crippen LogP contribution is 2.29. The van der Waals surface area contributed by atoms with Crippen LogP contribution >= 0.6 is 11.6 Å². The van der Waals surface area contributed by atoms with E-state index >= 15 is 0 Å². The number of aliphatic hydroxyl groups is 1. The molecule has 0 unspecified atom stereocenters. The first-order valence-electron chi connectivity index (χ1n) is 15.9. The summed E-state index contributed by atoms with van der Waals surface area (Å²) in [6.07, 6.45) is 0. The van der Waals surface area contributed by atoms with Crippen molar-refractivity contribution in [3.05, 3.63) is 141 Å². The van der Waals surface area contributed by atoms with Crippen molar-refractivity contribution in [2.45, 2.75) is 118 Å². The minimum absolute atomic E-state index is 0.0919. The van der Waals surface area contributed by atoms with Crippen LogP contribution in [0.4, 0.5) is 4.39 Å². The molecule has 4 aromatic carbocycles. The quantitative estimate of drug-likeness (QED) is 0.221. The summed E-state index contributed by atoms with van der Waals surface area (Å²) in [5.41, 5.74) is 7.55. The molecule has 0 saturated carbocycles. The molecule has 1 N–H and O–H groups in total. The fraction of sp³-hybridized carbons (Fsp3) is 0.429. The molecule has 0 aliphatic carbocycles. The van der Waals surface area contributed by atoms with Crippen LogP contribution in [0.15, 0.2) is 97.1 Å². The van der Waals surface area contributed by atoms with Crippen molar-refractivity contribution < 1.29 is 9.50 Å². The second kappa shape index (κ2) is 17.1. The largest absolute Gasteiger partial charge is 0.392 e. The number of rotatable bonds is 1. The zero-order chi connectivity index (χ0) is 34.6. The average Bonchev–Trinajstić information content (AvgIpc) is 2.92. The third kappa shape index (κ3) is 13.9. The molecule has 0 heterocycles. The number of halogens is 2. The monoisotopic (exact) mass is 632 g/mol. The minimum Gasteiger partial charge on any atom is -0.392 e. The van der Waals surface area contributed by atoms with Crippen LogP contribution in [0.25, 0.3) is 0 Å². The van der Waals surface area contributed by atoms with Crippen LogP contribution in [0.2, 0.25) is 5.02 Å². The van der Waals surface area contributed by atoms with E-state index in [4.69, 9.17) is 16.7 Å². The molecule has 1 nitrogen and oxygen atoms in total. The first-order chi connectivity index (χ1) is 20.6. The lowest BCUT2D eigenvalue weighted by Gasteiger charge is -2.21. The minimum atomic E-state index is -0.111. The summed E-state index contributed by atoms with van der Waals surface area (Å²) in [5, 5.41) is 9.94. The van der Waals surface area contributed by atoms with Crippen LogP contribution in [-0.2, 0) is 28.3 Å². The smallest absolute Gasteiger partial charge is 0.126 e. The van der Waals surface area contributed by atoms with Crippen LogP contribution in [0, 0.1) is 12.7 Å². The van der Waals surface area contributed by atoms with Gasteiger partial charge in [-0.3, -0.25) is 0 Å². The number of hydrogen-bond donors (Lipinski definition) is 1. The van der Waals surface area contributed by atoms with E-state index in [-0.39, 0.29) is 34.1 Å². The van der Waals surface area contributed by atoms with Gasteiger partial charge in [-0.2, -0.15) is 0 Å². The Balaban J connectivity index is 0.000000300. The Morgan fingerprint density at radius 2 is 0.844 bits per heavy atom. The average molecular weight is 633 g/mol. The third-order valence-electron chi connectivity index (χ3n) is 7.31. The van der Waals surface area contributed by atoms with Crippen molar-refractivity contribution >= 4 is 11.6 Å². The van der Waals surface area contributed by atoms with Crippen LogP contribution in [0.1, 0.15) is 116 Å². The molecule has 0 aliphatic rings. The topological polar surface area (TPSA) is 20.2 Å². The van der Waals surface area contributed by atoms with Crippen LogP contribution in [0.3, 0.4) is 0 Å². The molecule has 45 heavy (non-hydrogen) atoms. The summed E-state index contributed by atoms with van der Waals surface area (Å²) in [6, 6.07) is 31.5. The van der Waals surface area contributed by atoms with Crippen molar-refractivity contribution in [2.24, 2.45) is 0 Å². The van der Waals surface area contributed by atoms with Gasteiger partial charge in [-0.05, 0) is 74.1 Å². The van der Waals surface area contributed by atoms with Gasteiger partial charge in [0.05, 0.1) is 6.61 Å². The Labute approximate surface area is 279 Å². The Morgan fingerprint density at radius 3 is 1.16 bits per heavy atom. The zero-order valence-corrected chi connectivity index (χ0v) is 30.9. The maximum absolute atomic E-state index is 13.1. The molecule has 246 valence electrons. The fourth-order valence-electron chi connectivity index (χ4n) is 4.94. The Hall–Kier alpha value is -2.94. The fourth-order valence-corrected chi connectivity index (χ4v) is 5.36. The maximum Gasteiger partial charge on any atom is 0.126 e. The molecule has 0 atom stereocenters. The van der Waals surface area contributed by atoms with Crippen molar-refractivity contribution in [1.29, 1.82) is 0 Å². The van der Waals surface area contributed by atoms with E-state index in [9.17, 15) is 4.39 Å². The van der Waals surface area contributed by atoms with Gasteiger partial charge in [-0.1, -0.05) is 180 Å². The Kier molecular flexibility index (Phi) is 15.2. The lowest BCUT2D eigenvalue weighted by atomic mass is 9.84. The first-order valence-corrected chi connectivity index (χ1v) is 16.2. The Morgan fingerprint density at radius 1 is 0.489 bits per heavy atom. The van der Waals surface area contributed by atoms with E-state index in [1.54, 1.807) is 6.07 Å². The van der Waals surface area contributed by atoms with Gasteiger partial charge in [0.15, 0.2) is 0 Å². The second-order valence-corrected chi connectivity index (χ2v) is 16.0. The van der Waals surface area contributed by atoms with Crippen LogP contribution < -0.4 is 0 Å². The van der Waals surface area contributed by atoms with E-state index in [1.165, 1.54) is 28.3 Å². The molecular formula is C42H58ClFO. The normalized spacial score (nSPS) is 11.6. The summed E-state index contributed by atoms with van der Waals surface area (Å²) < 4.78 is 13.1. The summed E-state index contributed by atoms with van der Waals surface area (Å²) in [4.78, 5) is 0. The van der Waals surface area contributed by atoms with Gasteiger partial charge in [-0.15, -0.1) is 0 Å². The van der Waals surface area contributed by atoms with Gasteiger partial charge in [-0.25, -0.2) is 4.39 Å². The van der Waals surface area contributed by atoms with Gasteiger partial charge in [0.25, 0.3) is 0 Å².